The van der Waals surface area contributed by atoms with E-state index in [0.29, 0.717) is 11.1 Å². The standard InChI is InChI=1S/C11H8INO3/c1-16-11(14)8-5-7-3-2-4-13(15)10(7)9(12)6-8/h2-6H,1H3. The molecular formula is C11H8INO3. The number of aromatic nitrogens is 1. The van der Waals surface area contributed by atoms with E-state index in [0.717, 1.165) is 13.7 Å². The van der Waals surface area contributed by atoms with Gasteiger partial charge in [-0.3, -0.25) is 0 Å². The molecule has 2 rings (SSSR count). The highest BCUT2D eigenvalue weighted by molar-refractivity contribution is 14.1. The van der Waals surface area contributed by atoms with Gasteiger partial charge in [-0.1, -0.05) is 0 Å². The topological polar surface area (TPSA) is 53.2 Å². The van der Waals surface area contributed by atoms with E-state index in [1.165, 1.54) is 13.3 Å². The number of methoxy groups -OCH3 is 1. The monoisotopic (exact) mass is 329 g/mol. The third-order valence-corrected chi connectivity index (χ3v) is 3.05. The Morgan fingerprint density at radius 2 is 2.25 bits per heavy atom. The molecule has 0 N–H and O–H groups in total. The Kier molecular flexibility index (Phi) is 2.95. The molecule has 0 saturated heterocycles. The fourth-order valence-corrected chi connectivity index (χ4v) is 2.40. The molecule has 0 bridgehead atoms. The molecular weight excluding hydrogens is 321 g/mol. The van der Waals surface area contributed by atoms with Crippen molar-refractivity contribution < 1.29 is 14.3 Å². The van der Waals surface area contributed by atoms with E-state index >= 15 is 0 Å². The van der Waals surface area contributed by atoms with Crippen molar-refractivity contribution in [2.24, 2.45) is 0 Å². The molecule has 0 aliphatic rings. The number of carbonyl (C=O) groups excluding carboxylic acids is 1. The van der Waals surface area contributed by atoms with Gasteiger partial charge in [0.2, 0.25) is 5.52 Å². The Labute approximate surface area is 106 Å². The zero-order valence-corrected chi connectivity index (χ0v) is 10.6. The van der Waals surface area contributed by atoms with Crippen LogP contribution in [0.15, 0.2) is 30.5 Å². The zero-order chi connectivity index (χ0) is 11.7. The Bertz CT molecular complexity index is 568. The van der Waals surface area contributed by atoms with Crippen molar-refractivity contribution in [1.82, 2.24) is 0 Å². The van der Waals surface area contributed by atoms with E-state index < -0.39 is 5.97 Å². The third kappa shape index (κ3) is 1.82. The summed E-state index contributed by atoms with van der Waals surface area (Å²) >= 11 is 2.03. The van der Waals surface area contributed by atoms with Gasteiger partial charge in [-0.05, 0) is 40.8 Å². The SMILES string of the molecule is COC(=O)c1cc(I)c2c(ccc[n+]2[O-])c1. The molecule has 0 aliphatic carbocycles. The number of ether oxygens (including phenoxy) is 1. The summed E-state index contributed by atoms with van der Waals surface area (Å²) in [5.74, 6) is -0.402. The van der Waals surface area contributed by atoms with Gasteiger partial charge in [0.1, 0.15) is 0 Å². The summed E-state index contributed by atoms with van der Waals surface area (Å²) in [5.41, 5.74) is 1.02. The van der Waals surface area contributed by atoms with Crippen molar-refractivity contribution in [1.29, 1.82) is 0 Å². The largest absolute Gasteiger partial charge is 0.618 e. The first kappa shape index (κ1) is 11.1. The van der Waals surface area contributed by atoms with Crippen LogP contribution in [0.5, 0.6) is 0 Å². The minimum atomic E-state index is -0.402. The van der Waals surface area contributed by atoms with Gasteiger partial charge in [0.15, 0.2) is 6.20 Å². The van der Waals surface area contributed by atoms with E-state index in [1.54, 1.807) is 24.3 Å². The maximum absolute atomic E-state index is 11.5. The maximum Gasteiger partial charge on any atom is 0.337 e. The Morgan fingerprint density at radius 3 is 2.94 bits per heavy atom. The minimum Gasteiger partial charge on any atom is -0.618 e. The van der Waals surface area contributed by atoms with Crippen LogP contribution in [-0.4, -0.2) is 13.1 Å². The van der Waals surface area contributed by atoms with E-state index in [4.69, 9.17) is 0 Å². The maximum atomic E-state index is 11.5. The van der Waals surface area contributed by atoms with Crippen LogP contribution in [0.25, 0.3) is 10.9 Å². The van der Waals surface area contributed by atoms with Gasteiger partial charge < -0.3 is 9.94 Å². The van der Waals surface area contributed by atoms with Crippen LogP contribution in [0, 0.1) is 8.78 Å². The van der Waals surface area contributed by atoms with Crippen molar-refractivity contribution in [3.8, 4) is 0 Å². The normalized spacial score (nSPS) is 10.4. The smallest absolute Gasteiger partial charge is 0.337 e. The van der Waals surface area contributed by atoms with Crippen LogP contribution < -0.4 is 4.73 Å². The first-order chi connectivity index (χ1) is 7.63. The summed E-state index contributed by atoms with van der Waals surface area (Å²) in [4.78, 5) is 11.4. The molecule has 0 spiro atoms. The summed E-state index contributed by atoms with van der Waals surface area (Å²) in [6.45, 7) is 0. The van der Waals surface area contributed by atoms with Gasteiger partial charge in [-0.25, -0.2) is 4.79 Å². The quantitative estimate of drug-likeness (QED) is 0.347. The second kappa shape index (κ2) is 4.25. The fraction of sp³-hybridized carbons (Fsp3) is 0.0909. The fourth-order valence-electron chi connectivity index (χ4n) is 1.51. The highest BCUT2D eigenvalue weighted by atomic mass is 127. The van der Waals surface area contributed by atoms with Crippen molar-refractivity contribution >= 4 is 39.5 Å². The van der Waals surface area contributed by atoms with Gasteiger partial charge in [0.25, 0.3) is 0 Å². The van der Waals surface area contributed by atoms with E-state index in [9.17, 15) is 10.0 Å². The summed E-state index contributed by atoms with van der Waals surface area (Å²) < 4.78 is 6.16. The number of carbonyl (C=O) groups is 1. The summed E-state index contributed by atoms with van der Waals surface area (Å²) in [7, 11) is 1.33. The van der Waals surface area contributed by atoms with Crippen LogP contribution in [0.1, 0.15) is 10.4 Å². The number of hydrogen-bond acceptors (Lipinski definition) is 3. The van der Waals surface area contributed by atoms with Gasteiger partial charge in [-0.2, -0.15) is 4.73 Å². The molecule has 16 heavy (non-hydrogen) atoms. The van der Waals surface area contributed by atoms with Gasteiger partial charge >= 0.3 is 5.97 Å². The van der Waals surface area contributed by atoms with Crippen molar-refractivity contribution in [3.63, 3.8) is 0 Å². The van der Waals surface area contributed by atoms with Crippen LogP contribution in [0.2, 0.25) is 0 Å². The van der Waals surface area contributed by atoms with E-state index in [1.807, 2.05) is 22.6 Å². The molecule has 0 amide bonds. The van der Waals surface area contributed by atoms with Gasteiger partial charge in [0.05, 0.1) is 16.2 Å². The second-order valence-electron chi connectivity index (χ2n) is 3.22. The Balaban J connectivity index is 2.73. The molecule has 1 aromatic heterocycles. The number of esters is 1. The van der Waals surface area contributed by atoms with Gasteiger partial charge in [0, 0.05) is 11.5 Å². The number of rotatable bonds is 1. The lowest BCUT2D eigenvalue weighted by Crippen LogP contribution is -2.27. The van der Waals surface area contributed by atoms with Crippen LogP contribution >= 0.6 is 22.6 Å². The molecule has 82 valence electrons. The van der Waals surface area contributed by atoms with Crippen LogP contribution in [0.3, 0.4) is 0 Å². The molecule has 0 unspecified atom stereocenters. The molecule has 1 heterocycles. The van der Waals surface area contributed by atoms with Crippen LogP contribution in [-0.2, 0) is 4.74 Å². The third-order valence-electron chi connectivity index (χ3n) is 2.23. The van der Waals surface area contributed by atoms with Crippen molar-refractivity contribution in [3.05, 3.63) is 44.8 Å². The molecule has 0 saturated carbocycles. The Morgan fingerprint density at radius 1 is 1.50 bits per heavy atom. The molecule has 0 atom stereocenters. The van der Waals surface area contributed by atoms with E-state index in [2.05, 4.69) is 4.74 Å². The lowest BCUT2D eigenvalue weighted by molar-refractivity contribution is -0.577. The highest BCUT2D eigenvalue weighted by Gasteiger charge is 2.13. The first-order valence-corrected chi connectivity index (χ1v) is 5.61. The lowest BCUT2D eigenvalue weighted by Gasteiger charge is -2.05. The summed E-state index contributed by atoms with van der Waals surface area (Å²) in [6.07, 6.45) is 1.43. The van der Waals surface area contributed by atoms with Crippen molar-refractivity contribution in [2.45, 2.75) is 0 Å². The average molecular weight is 329 g/mol. The molecule has 2 aromatic rings. The number of nitrogens with zero attached hydrogens (tertiary/aromatic N) is 1. The molecule has 0 fully saturated rings. The number of halogens is 1. The first-order valence-electron chi connectivity index (χ1n) is 4.53. The van der Waals surface area contributed by atoms with Gasteiger partial charge in [-0.15, -0.1) is 0 Å². The summed E-state index contributed by atoms with van der Waals surface area (Å²) in [6, 6.07) is 6.73. The molecule has 0 radical (unpaired) electrons. The Hall–Kier alpha value is -1.37. The summed E-state index contributed by atoms with van der Waals surface area (Å²) in [5, 5.41) is 12.3. The zero-order valence-electron chi connectivity index (χ0n) is 8.44. The predicted octanol–water partition coefficient (Wildman–Crippen LogP) is 1.86. The number of hydrogen-bond donors (Lipinski definition) is 0. The number of fused-ring (bicyclic) bond motifs is 1. The van der Waals surface area contributed by atoms with Crippen molar-refractivity contribution in [2.75, 3.05) is 7.11 Å². The predicted molar refractivity (Wildman–Crippen MR) is 67.0 cm³/mol. The molecule has 1 aromatic carbocycles. The lowest BCUT2D eigenvalue weighted by atomic mass is 10.1. The molecule has 4 nitrogen and oxygen atoms in total. The van der Waals surface area contributed by atoms with Crippen LogP contribution in [0.4, 0.5) is 0 Å². The van der Waals surface area contributed by atoms with E-state index in [-0.39, 0.29) is 0 Å². The highest BCUT2D eigenvalue weighted by Crippen LogP contribution is 2.20. The minimum absolute atomic E-state index is 0.402. The molecule has 5 heteroatoms. The number of pyridine rings is 1. The number of benzene rings is 1. The molecule has 0 aliphatic heterocycles. The average Bonchev–Trinajstić information content (AvgIpc) is 2.27. The second-order valence-corrected chi connectivity index (χ2v) is 4.38.